The van der Waals surface area contributed by atoms with Gasteiger partial charge in [-0.25, -0.2) is 0 Å². The van der Waals surface area contributed by atoms with E-state index in [0.29, 0.717) is 11.3 Å². The summed E-state index contributed by atoms with van der Waals surface area (Å²) in [5, 5.41) is 15.3. The van der Waals surface area contributed by atoms with E-state index in [1.807, 2.05) is 13.0 Å². The maximum Gasteiger partial charge on any atom is 0.244 e. The summed E-state index contributed by atoms with van der Waals surface area (Å²) in [4.78, 5) is 12.4. The molecule has 2 rings (SSSR count). The average Bonchev–Trinajstić information content (AvgIpc) is 2.90. The number of hydrogen-bond acceptors (Lipinski definition) is 3. The van der Waals surface area contributed by atoms with Crippen molar-refractivity contribution in [3.63, 3.8) is 0 Å². The van der Waals surface area contributed by atoms with Crippen molar-refractivity contribution in [3.8, 4) is 6.07 Å². The number of amides is 1. The molecule has 0 aliphatic carbocycles. The van der Waals surface area contributed by atoms with Crippen LogP contribution in [0.25, 0.3) is 0 Å². The smallest absolute Gasteiger partial charge is 0.244 e. The predicted molar refractivity (Wildman–Crippen MR) is 77.7 cm³/mol. The topological polar surface area (TPSA) is 64.9 Å². The summed E-state index contributed by atoms with van der Waals surface area (Å²) in [5.41, 5.74) is 0.545. The second-order valence-electron chi connectivity index (χ2n) is 4.72. The molecule has 0 saturated carbocycles. The van der Waals surface area contributed by atoms with Gasteiger partial charge in [-0.15, -0.1) is 0 Å². The molecule has 1 unspecified atom stereocenters. The lowest BCUT2D eigenvalue weighted by Gasteiger charge is -2.26. The van der Waals surface area contributed by atoms with E-state index >= 15 is 0 Å². The van der Waals surface area contributed by atoms with Gasteiger partial charge in [0.15, 0.2) is 0 Å². The summed E-state index contributed by atoms with van der Waals surface area (Å²) in [6.45, 7) is 2.87. The molecule has 0 aromatic heterocycles. The Morgan fingerprint density at radius 1 is 1.63 bits per heavy atom. The molecule has 1 saturated heterocycles. The van der Waals surface area contributed by atoms with Crippen LogP contribution in [-0.4, -0.2) is 18.0 Å². The van der Waals surface area contributed by atoms with Crippen molar-refractivity contribution in [2.24, 2.45) is 0 Å². The van der Waals surface area contributed by atoms with Crippen molar-refractivity contribution in [2.75, 3.05) is 11.9 Å². The van der Waals surface area contributed by atoms with Gasteiger partial charge in [0.1, 0.15) is 6.07 Å². The number of anilines is 1. The lowest BCUT2D eigenvalue weighted by molar-refractivity contribution is -0.122. The molecule has 4 nitrogen and oxygen atoms in total. The molecule has 0 spiro atoms. The minimum Gasteiger partial charge on any atom is -0.323 e. The van der Waals surface area contributed by atoms with Gasteiger partial charge >= 0.3 is 0 Å². The first-order valence-electron chi connectivity index (χ1n) is 6.37. The summed E-state index contributed by atoms with van der Waals surface area (Å²) in [6.07, 6.45) is 2.59. The average molecular weight is 322 g/mol. The Balaban J connectivity index is 2.22. The predicted octanol–water partition coefficient (Wildman–Crippen LogP) is 2.79. The normalized spacial score (nSPS) is 21.9. The number of carbonyl (C=O) groups excluding carboxylic acids is 1. The Labute approximate surface area is 121 Å². The van der Waals surface area contributed by atoms with Crippen molar-refractivity contribution in [2.45, 2.75) is 31.7 Å². The van der Waals surface area contributed by atoms with E-state index in [2.05, 4.69) is 32.6 Å². The second kappa shape index (κ2) is 5.72. The summed E-state index contributed by atoms with van der Waals surface area (Å²) in [5.74, 6) is -0.0497. The van der Waals surface area contributed by atoms with Gasteiger partial charge in [0.25, 0.3) is 0 Å². The summed E-state index contributed by atoms with van der Waals surface area (Å²) >= 11 is 3.32. The molecular formula is C14H16BrN3O. The standard InChI is InChI=1S/C14H16BrN3O/c1-2-14(6-3-7-17-14)13(19)18-12-5-4-11(15)8-10(12)9-16/h4-5,8,17H,2-3,6-7H2,1H3,(H,18,19). The Morgan fingerprint density at radius 3 is 3.00 bits per heavy atom. The zero-order chi connectivity index (χ0) is 13.9. The number of benzene rings is 1. The molecule has 1 atom stereocenters. The molecule has 2 N–H and O–H groups in total. The molecule has 1 aromatic rings. The molecular weight excluding hydrogens is 306 g/mol. The van der Waals surface area contributed by atoms with Crippen LogP contribution in [-0.2, 0) is 4.79 Å². The highest BCUT2D eigenvalue weighted by Gasteiger charge is 2.39. The Kier molecular flexibility index (Phi) is 4.23. The van der Waals surface area contributed by atoms with Gasteiger partial charge in [0, 0.05) is 4.47 Å². The Bertz CT molecular complexity index is 530. The first kappa shape index (κ1) is 14.0. The third-order valence-corrected chi connectivity index (χ3v) is 4.13. The highest BCUT2D eigenvalue weighted by Crippen LogP contribution is 2.26. The molecule has 100 valence electrons. The van der Waals surface area contributed by atoms with E-state index < -0.39 is 5.54 Å². The van der Waals surface area contributed by atoms with Gasteiger partial charge in [-0.1, -0.05) is 22.9 Å². The lowest BCUT2D eigenvalue weighted by Crippen LogP contribution is -2.50. The van der Waals surface area contributed by atoms with Gasteiger partial charge in [0.05, 0.1) is 16.8 Å². The van der Waals surface area contributed by atoms with Crippen LogP contribution in [0.1, 0.15) is 31.7 Å². The van der Waals surface area contributed by atoms with Crippen molar-refractivity contribution in [1.29, 1.82) is 5.26 Å². The van der Waals surface area contributed by atoms with Crippen LogP contribution in [0.5, 0.6) is 0 Å². The van der Waals surface area contributed by atoms with E-state index in [0.717, 1.165) is 30.3 Å². The van der Waals surface area contributed by atoms with Gasteiger partial charge in [-0.05, 0) is 44.0 Å². The first-order valence-corrected chi connectivity index (χ1v) is 7.17. The Morgan fingerprint density at radius 2 is 2.42 bits per heavy atom. The molecule has 1 fully saturated rings. The van der Waals surface area contributed by atoms with E-state index in [9.17, 15) is 4.79 Å². The van der Waals surface area contributed by atoms with E-state index in [4.69, 9.17) is 5.26 Å². The molecule has 1 heterocycles. The maximum absolute atomic E-state index is 12.4. The highest BCUT2D eigenvalue weighted by atomic mass is 79.9. The van der Waals surface area contributed by atoms with Crippen LogP contribution in [0, 0.1) is 11.3 Å². The van der Waals surface area contributed by atoms with Crippen molar-refractivity contribution in [1.82, 2.24) is 5.32 Å². The monoisotopic (exact) mass is 321 g/mol. The van der Waals surface area contributed by atoms with Crippen LogP contribution >= 0.6 is 15.9 Å². The third-order valence-electron chi connectivity index (χ3n) is 3.63. The van der Waals surface area contributed by atoms with Crippen LogP contribution in [0.4, 0.5) is 5.69 Å². The van der Waals surface area contributed by atoms with Gasteiger partial charge in [0.2, 0.25) is 5.91 Å². The molecule has 1 aliphatic heterocycles. The van der Waals surface area contributed by atoms with E-state index in [1.54, 1.807) is 12.1 Å². The van der Waals surface area contributed by atoms with Crippen LogP contribution in [0.15, 0.2) is 22.7 Å². The molecule has 0 bridgehead atoms. The summed E-state index contributed by atoms with van der Waals surface area (Å²) in [6, 6.07) is 7.37. The lowest BCUT2D eigenvalue weighted by atomic mass is 9.93. The van der Waals surface area contributed by atoms with Crippen LogP contribution in [0.3, 0.4) is 0 Å². The molecule has 1 aliphatic rings. The number of nitrogens with zero attached hydrogens (tertiary/aromatic N) is 1. The first-order chi connectivity index (χ1) is 9.11. The SMILES string of the molecule is CCC1(C(=O)Nc2ccc(Br)cc2C#N)CCCN1. The van der Waals surface area contributed by atoms with E-state index in [-0.39, 0.29) is 5.91 Å². The van der Waals surface area contributed by atoms with Crippen molar-refractivity contribution < 1.29 is 4.79 Å². The molecule has 1 amide bonds. The van der Waals surface area contributed by atoms with Gasteiger partial charge < -0.3 is 10.6 Å². The fourth-order valence-electron chi connectivity index (χ4n) is 2.42. The molecule has 1 aromatic carbocycles. The summed E-state index contributed by atoms with van der Waals surface area (Å²) < 4.78 is 0.825. The number of nitriles is 1. The number of hydrogen-bond donors (Lipinski definition) is 2. The van der Waals surface area contributed by atoms with Gasteiger partial charge in [-0.2, -0.15) is 5.26 Å². The maximum atomic E-state index is 12.4. The zero-order valence-electron chi connectivity index (χ0n) is 10.8. The van der Waals surface area contributed by atoms with Crippen LogP contribution in [0.2, 0.25) is 0 Å². The quantitative estimate of drug-likeness (QED) is 0.899. The Hall–Kier alpha value is -1.38. The second-order valence-corrected chi connectivity index (χ2v) is 5.64. The fourth-order valence-corrected chi connectivity index (χ4v) is 2.78. The number of carbonyl (C=O) groups is 1. The van der Waals surface area contributed by atoms with Gasteiger partial charge in [-0.3, -0.25) is 4.79 Å². The molecule has 0 radical (unpaired) electrons. The minimum absolute atomic E-state index is 0.0497. The number of nitrogens with one attached hydrogen (secondary N) is 2. The highest BCUT2D eigenvalue weighted by molar-refractivity contribution is 9.10. The minimum atomic E-state index is -0.486. The third kappa shape index (κ3) is 2.80. The molecule has 19 heavy (non-hydrogen) atoms. The largest absolute Gasteiger partial charge is 0.323 e. The molecule has 5 heteroatoms. The number of rotatable bonds is 3. The summed E-state index contributed by atoms with van der Waals surface area (Å²) in [7, 11) is 0. The number of halogens is 1. The van der Waals surface area contributed by atoms with Crippen molar-refractivity contribution >= 4 is 27.5 Å². The van der Waals surface area contributed by atoms with E-state index in [1.165, 1.54) is 0 Å². The zero-order valence-corrected chi connectivity index (χ0v) is 12.4. The van der Waals surface area contributed by atoms with Crippen LogP contribution < -0.4 is 10.6 Å². The van der Waals surface area contributed by atoms with Crippen molar-refractivity contribution in [3.05, 3.63) is 28.2 Å². The fraction of sp³-hybridized carbons (Fsp3) is 0.429.